The molecule has 0 saturated carbocycles. The number of piperidine rings is 1. The maximum Gasteiger partial charge on any atom is 0.417 e. The molecule has 2 atom stereocenters. The summed E-state index contributed by atoms with van der Waals surface area (Å²) in [7, 11) is 0. The summed E-state index contributed by atoms with van der Waals surface area (Å²) < 4.78 is 78.8. The zero-order valence-electron chi connectivity index (χ0n) is 13.9. The van der Waals surface area contributed by atoms with Crippen LogP contribution in [0.5, 0.6) is 0 Å². The topological polar surface area (TPSA) is 56.3 Å². The number of pyridine rings is 1. The standard InChI is InChI=1S/C17H16F6N2O2/c18-16(19,20)11-8-14(26)24-12-5-4-9(7-10(11)12)25-6-2-1-3-13(25)15(27)17(21,22)23/h4-5,7-8,13,15,27H,1-3,6H2,(H,24,26)/t13-,15+/m0/s1. The van der Waals surface area contributed by atoms with Gasteiger partial charge in [0.05, 0.1) is 11.6 Å². The number of hydrogen-bond donors (Lipinski definition) is 2. The van der Waals surface area contributed by atoms with E-state index < -0.39 is 35.6 Å². The molecule has 1 aromatic heterocycles. The molecule has 0 spiro atoms. The second-order valence-electron chi connectivity index (χ2n) is 6.52. The van der Waals surface area contributed by atoms with Crippen LogP contribution < -0.4 is 10.5 Å². The summed E-state index contributed by atoms with van der Waals surface area (Å²) in [4.78, 5) is 15.0. The van der Waals surface area contributed by atoms with Crippen molar-refractivity contribution in [3.05, 3.63) is 40.2 Å². The molecule has 1 fully saturated rings. The number of nitrogens with one attached hydrogen (secondary N) is 1. The number of fused-ring (bicyclic) bond motifs is 1. The highest BCUT2D eigenvalue weighted by atomic mass is 19.4. The largest absolute Gasteiger partial charge is 0.417 e. The SMILES string of the molecule is O=c1cc(C(F)(F)F)c2cc(N3CCCC[C@H]3[C@@H](O)C(F)(F)F)ccc2[nH]1. The summed E-state index contributed by atoms with van der Waals surface area (Å²) in [6.07, 6.45) is -11.1. The van der Waals surface area contributed by atoms with Gasteiger partial charge in [0.2, 0.25) is 5.56 Å². The molecule has 0 amide bonds. The molecule has 0 radical (unpaired) electrons. The van der Waals surface area contributed by atoms with Crippen molar-refractivity contribution >= 4 is 16.6 Å². The highest BCUT2D eigenvalue weighted by Crippen LogP contribution is 2.37. The molecule has 3 rings (SSSR count). The lowest BCUT2D eigenvalue weighted by Crippen LogP contribution is -2.52. The van der Waals surface area contributed by atoms with Gasteiger partial charge >= 0.3 is 12.4 Å². The minimum Gasteiger partial charge on any atom is -0.382 e. The van der Waals surface area contributed by atoms with Crippen LogP contribution in [-0.4, -0.2) is 35.0 Å². The van der Waals surface area contributed by atoms with Crippen molar-refractivity contribution in [2.75, 3.05) is 11.4 Å². The van der Waals surface area contributed by atoms with E-state index in [4.69, 9.17) is 0 Å². The van der Waals surface area contributed by atoms with Crippen LogP contribution in [-0.2, 0) is 6.18 Å². The Hall–Kier alpha value is -2.23. The number of aliphatic hydroxyl groups excluding tert-OH is 1. The number of aromatic amines is 1. The monoisotopic (exact) mass is 394 g/mol. The van der Waals surface area contributed by atoms with Crippen molar-refractivity contribution in [1.29, 1.82) is 0 Å². The van der Waals surface area contributed by atoms with Gasteiger partial charge in [-0.05, 0) is 37.5 Å². The number of aromatic nitrogens is 1. The Balaban J connectivity index is 2.10. The van der Waals surface area contributed by atoms with Gasteiger partial charge in [0.15, 0.2) is 6.10 Å². The molecule has 1 aromatic carbocycles. The number of anilines is 1. The Morgan fingerprint density at radius 2 is 1.81 bits per heavy atom. The van der Waals surface area contributed by atoms with Crippen LogP contribution in [0.3, 0.4) is 0 Å². The van der Waals surface area contributed by atoms with E-state index in [1.807, 2.05) is 0 Å². The van der Waals surface area contributed by atoms with E-state index >= 15 is 0 Å². The van der Waals surface area contributed by atoms with Crippen LogP contribution in [0.2, 0.25) is 0 Å². The molecule has 2 heterocycles. The van der Waals surface area contributed by atoms with E-state index in [0.717, 1.165) is 6.07 Å². The van der Waals surface area contributed by atoms with Gasteiger partial charge < -0.3 is 15.0 Å². The van der Waals surface area contributed by atoms with E-state index in [-0.39, 0.29) is 29.6 Å². The molecule has 2 N–H and O–H groups in total. The average molecular weight is 394 g/mol. The van der Waals surface area contributed by atoms with Gasteiger partial charge in [0, 0.05) is 29.2 Å². The van der Waals surface area contributed by atoms with Gasteiger partial charge in [0.1, 0.15) is 0 Å². The van der Waals surface area contributed by atoms with E-state index in [1.54, 1.807) is 0 Å². The number of halogens is 6. The Bertz CT molecular complexity index is 890. The predicted octanol–water partition coefficient (Wildman–Crippen LogP) is 3.83. The smallest absolute Gasteiger partial charge is 0.382 e. The van der Waals surface area contributed by atoms with Crippen molar-refractivity contribution in [1.82, 2.24) is 4.98 Å². The normalized spacial score (nSPS) is 20.1. The van der Waals surface area contributed by atoms with Crippen molar-refractivity contribution in [2.24, 2.45) is 0 Å². The van der Waals surface area contributed by atoms with Gasteiger partial charge in [-0.2, -0.15) is 26.3 Å². The van der Waals surface area contributed by atoms with Gasteiger partial charge in [-0.15, -0.1) is 0 Å². The Labute approximate surface area is 149 Å². The number of hydrogen-bond acceptors (Lipinski definition) is 3. The molecule has 0 unspecified atom stereocenters. The zero-order chi connectivity index (χ0) is 20.0. The molecular weight excluding hydrogens is 378 g/mol. The second kappa shape index (κ2) is 6.74. The summed E-state index contributed by atoms with van der Waals surface area (Å²) in [6.45, 7) is 0.175. The predicted molar refractivity (Wildman–Crippen MR) is 86.6 cm³/mol. The fraction of sp³-hybridized carbons (Fsp3) is 0.471. The maximum absolute atomic E-state index is 13.3. The minimum atomic E-state index is -4.83. The maximum atomic E-state index is 13.3. The third-order valence-corrected chi connectivity index (χ3v) is 4.71. The van der Waals surface area contributed by atoms with Crippen LogP contribution in [0.25, 0.3) is 10.9 Å². The number of H-pyrrole nitrogens is 1. The first-order valence-corrected chi connectivity index (χ1v) is 8.24. The van der Waals surface area contributed by atoms with Crippen molar-refractivity contribution < 1.29 is 31.4 Å². The van der Waals surface area contributed by atoms with Crippen molar-refractivity contribution in [3.8, 4) is 0 Å². The van der Waals surface area contributed by atoms with Gasteiger partial charge in [-0.25, -0.2) is 0 Å². The summed E-state index contributed by atoms with van der Waals surface area (Å²) in [5.74, 6) is 0. The molecule has 27 heavy (non-hydrogen) atoms. The van der Waals surface area contributed by atoms with Crippen LogP contribution in [0, 0.1) is 0 Å². The fourth-order valence-corrected chi connectivity index (χ4v) is 3.48. The number of benzene rings is 1. The molecule has 148 valence electrons. The van der Waals surface area contributed by atoms with Gasteiger partial charge in [0.25, 0.3) is 0 Å². The highest BCUT2D eigenvalue weighted by molar-refractivity contribution is 5.86. The van der Waals surface area contributed by atoms with Crippen LogP contribution in [0.1, 0.15) is 24.8 Å². The number of nitrogens with zero attached hydrogens (tertiary/aromatic N) is 1. The molecule has 0 bridgehead atoms. The summed E-state index contributed by atoms with van der Waals surface area (Å²) in [6, 6.07) is 2.82. The Kier molecular flexibility index (Phi) is 4.87. The molecule has 10 heteroatoms. The van der Waals surface area contributed by atoms with E-state index in [1.165, 1.54) is 17.0 Å². The number of rotatable bonds is 2. The Morgan fingerprint density at radius 1 is 1.11 bits per heavy atom. The summed E-state index contributed by atoms with van der Waals surface area (Å²) in [5.41, 5.74) is -2.02. The van der Waals surface area contributed by atoms with Gasteiger partial charge in [-0.3, -0.25) is 4.79 Å². The third kappa shape index (κ3) is 3.90. The number of alkyl halides is 6. The van der Waals surface area contributed by atoms with Crippen LogP contribution >= 0.6 is 0 Å². The molecule has 4 nitrogen and oxygen atoms in total. The number of aliphatic hydroxyl groups is 1. The van der Waals surface area contributed by atoms with E-state index in [2.05, 4.69) is 4.98 Å². The molecule has 1 aliphatic rings. The third-order valence-electron chi connectivity index (χ3n) is 4.71. The first kappa shape index (κ1) is 19.5. The minimum absolute atomic E-state index is 0.0659. The zero-order valence-corrected chi connectivity index (χ0v) is 13.9. The molecule has 2 aromatic rings. The van der Waals surface area contributed by atoms with Gasteiger partial charge in [-0.1, -0.05) is 0 Å². The molecular formula is C17H16F6N2O2. The molecule has 1 aliphatic heterocycles. The van der Waals surface area contributed by atoms with E-state index in [9.17, 15) is 36.2 Å². The van der Waals surface area contributed by atoms with E-state index in [0.29, 0.717) is 18.9 Å². The second-order valence-corrected chi connectivity index (χ2v) is 6.52. The fourth-order valence-electron chi connectivity index (χ4n) is 3.48. The lowest BCUT2D eigenvalue weighted by molar-refractivity contribution is -0.211. The lowest BCUT2D eigenvalue weighted by atomic mass is 9.95. The van der Waals surface area contributed by atoms with Crippen LogP contribution in [0.15, 0.2) is 29.1 Å². The van der Waals surface area contributed by atoms with Crippen LogP contribution in [0.4, 0.5) is 32.0 Å². The van der Waals surface area contributed by atoms with Crippen molar-refractivity contribution in [2.45, 2.75) is 43.8 Å². The molecule has 0 aliphatic carbocycles. The summed E-state index contributed by atoms with van der Waals surface area (Å²) >= 11 is 0. The first-order valence-electron chi connectivity index (χ1n) is 8.24. The lowest BCUT2D eigenvalue weighted by Gasteiger charge is -2.40. The molecule has 1 saturated heterocycles. The first-order chi connectivity index (χ1) is 12.5. The van der Waals surface area contributed by atoms with Crippen molar-refractivity contribution in [3.63, 3.8) is 0 Å². The highest BCUT2D eigenvalue weighted by Gasteiger charge is 2.46. The quantitative estimate of drug-likeness (QED) is 0.762. The average Bonchev–Trinajstić information content (AvgIpc) is 2.58. The Morgan fingerprint density at radius 3 is 2.44 bits per heavy atom. The summed E-state index contributed by atoms with van der Waals surface area (Å²) in [5, 5.41) is 9.37.